The minimum Gasteiger partial charge on any atom is -0.211 e. The average molecular weight is 280 g/mol. The summed E-state index contributed by atoms with van der Waals surface area (Å²) >= 11 is 5.72. The lowest BCUT2D eigenvalue weighted by Crippen LogP contribution is -2.26. The van der Waals surface area contributed by atoms with Crippen LogP contribution >= 0.6 is 11.6 Å². The third-order valence-electron chi connectivity index (χ3n) is 2.26. The van der Waals surface area contributed by atoms with E-state index >= 15 is 0 Å². The summed E-state index contributed by atoms with van der Waals surface area (Å²) in [4.78, 5) is 0.0983. The van der Waals surface area contributed by atoms with Crippen molar-refractivity contribution in [1.82, 2.24) is 4.72 Å². The first-order valence-corrected chi connectivity index (χ1v) is 7.15. The van der Waals surface area contributed by atoms with Crippen LogP contribution in [0.2, 0.25) is 0 Å². The predicted octanol–water partition coefficient (Wildman–Crippen LogP) is 2.43. The van der Waals surface area contributed by atoms with Crippen LogP contribution in [0.3, 0.4) is 0 Å². The molecule has 0 spiro atoms. The molecule has 1 rings (SSSR count). The molecule has 0 bridgehead atoms. The van der Waals surface area contributed by atoms with Crippen LogP contribution in [0.4, 0.5) is 4.39 Å². The van der Waals surface area contributed by atoms with E-state index in [-0.39, 0.29) is 16.8 Å². The number of benzene rings is 1. The van der Waals surface area contributed by atoms with Gasteiger partial charge >= 0.3 is 0 Å². The molecular formula is C11H15ClFNO2S. The highest BCUT2D eigenvalue weighted by Gasteiger charge is 2.16. The molecule has 0 aliphatic heterocycles. The molecule has 0 heterocycles. The van der Waals surface area contributed by atoms with E-state index < -0.39 is 15.8 Å². The van der Waals surface area contributed by atoms with E-state index in [9.17, 15) is 12.8 Å². The van der Waals surface area contributed by atoms with Crippen molar-refractivity contribution in [1.29, 1.82) is 0 Å². The first-order chi connectivity index (χ1) is 7.83. The molecule has 1 unspecified atom stereocenters. The molecule has 0 saturated heterocycles. The van der Waals surface area contributed by atoms with Crippen molar-refractivity contribution < 1.29 is 12.8 Å². The Balaban J connectivity index is 2.83. The zero-order valence-electron chi connectivity index (χ0n) is 9.70. The molecular weight excluding hydrogens is 265 g/mol. The maximum atomic E-state index is 12.9. The van der Waals surface area contributed by atoms with E-state index in [0.717, 1.165) is 6.07 Å². The SMILES string of the molecule is Cc1cc(F)ccc1S(=O)(=O)NCCC(C)Cl. The Hall–Kier alpha value is -0.650. The Labute approximate surface area is 106 Å². The molecule has 1 N–H and O–H groups in total. The third kappa shape index (κ3) is 4.26. The van der Waals surface area contributed by atoms with Crippen molar-refractivity contribution >= 4 is 21.6 Å². The molecule has 0 fully saturated rings. The number of rotatable bonds is 5. The average Bonchev–Trinajstić information content (AvgIpc) is 2.15. The highest BCUT2D eigenvalue weighted by atomic mass is 35.5. The van der Waals surface area contributed by atoms with Gasteiger partial charge in [0.2, 0.25) is 10.0 Å². The Morgan fingerprint density at radius 1 is 1.47 bits per heavy atom. The van der Waals surface area contributed by atoms with Crippen molar-refractivity contribution in [3.63, 3.8) is 0 Å². The summed E-state index contributed by atoms with van der Waals surface area (Å²) in [6, 6.07) is 3.58. The monoisotopic (exact) mass is 279 g/mol. The molecule has 0 aliphatic carbocycles. The summed E-state index contributed by atoms with van der Waals surface area (Å²) in [6.45, 7) is 3.62. The van der Waals surface area contributed by atoms with Crippen molar-refractivity contribution in [2.75, 3.05) is 6.54 Å². The quantitative estimate of drug-likeness (QED) is 0.842. The molecule has 6 heteroatoms. The fourth-order valence-corrected chi connectivity index (χ4v) is 2.77. The van der Waals surface area contributed by atoms with Gasteiger partial charge in [-0.25, -0.2) is 17.5 Å². The molecule has 1 aromatic carbocycles. The minimum atomic E-state index is -3.58. The first kappa shape index (κ1) is 14.4. The summed E-state index contributed by atoms with van der Waals surface area (Å²) in [7, 11) is -3.58. The lowest BCUT2D eigenvalue weighted by Gasteiger charge is -2.09. The molecule has 0 aliphatic rings. The first-order valence-electron chi connectivity index (χ1n) is 5.23. The van der Waals surface area contributed by atoms with Crippen molar-refractivity contribution in [2.45, 2.75) is 30.5 Å². The number of hydrogen-bond donors (Lipinski definition) is 1. The molecule has 0 radical (unpaired) electrons. The van der Waals surface area contributed by atoms with Crippen LogP contribution < -0.4 is 4.72 Å². The van der Waals surface area contributed by atoms with E-state index in [0.29, 0.717) is 12.0 Å². The van der Waals surface area contributed by atoms with Crippen LogP contribution in [-0.4, -0.2) is 20.3 Å². The van der Waals surface area contributed by atoms with Gasteiger partial charge in [-0.05, 0) is 44.0 Å². The standard InChI is InChI=1S/C11H15ClFNO2S/c1-8-7-10(13)3-4-11(8)17(15,16)14-6-5-9(2)12/h3-4,7,9,14H,5-6H2,1-2H3. The minimum absolute atomic E-state index is 0.0907. The van der Waals surface area contributed by atoms with E-state index in [2.05, 4.69) is 4.72 Å². The molecule has 0 amide bonds. The fraction of sp³-hybridized carbons (Fsp3) is 0.455. The number of halogens is 2. The van der Waals surface area contributed by atoms with Gasteiger partial charge in [-0.2, -0.15) is 0 Å². The van der Waals surface area contributed by atoms with E-state index in [1.807, 2.05) is 0 Å². The lowest BCUT2D eigenvalue weighted by atomic mass is 10.2. The summed E-state index contributed by atoms with van der Waals surface area (Å²) in [5, 5.41) is -0.0907. The van der Waals surface area contributed by atoms with Crippen LogP contribution in [0, 0.1) is 12.7 Å². The molecule has 1 aromatic rings. The largest absolute Gasteiger partial charge is 0.240 e. The van der Waals surface area contributed by atoms with Crippen molar-refractivity contribution in [3.05, 3.63) is 29.6 Å². The van der Waals surface area contributed by atoms with Crippen LogP contribution in [0.25, 0.3) is 0 Å². The van der Waals surface area contributed by atoms with Gasteiger partial charge < -0.3 is 0 Å². The van der Waals surface area contributed by atoms with Gasteiger partial charge in [-0.3, -0.25) is 0 Å². The van der Waals surface area contributed by atoms with Gasteiger partial charge in [0.05, 0.1) is 4.90 Å². The zero-order chi connectivity index (χ0) is 13.1. The number of aryl methyl sites for hydroxylation is 1. The molecule has 0 saturated carbocycles. The maximum absolute atomic E-state index is 12.9. The van der Waals surface area contributed by atoms with Gasteiger partial charge in [0.25, 0.3) is 0 Å². The lowest BCUT2D eigenvalue weighted by molar-refractivity contribution is 0.577. The third-order valence-corrected chi connectivity index (χ3v) is 4.10. The van der Waals surface area contributed by atoms with E-state index in [4.69, 9.17) is 11.6 Å². The Morgan fingerprint density at radius 2 is 2.12 bits per heavy atom. The normalized spacial score (nSPS) is 13.6. The van der Waals surface area contributed by atoms with Crippen LogP contribution in [0.1, 0.15) is 18.9 Å². The molecule has 96 valence electrons. The second-order valence-corrected chi connectivity index (χ2v) is 6.36. The number of sulfonamides is 1. The Kier molecular flexibility index (Phi) is 4.91. The smallest absolute Gasteiger partial charge is 0.211 e. The Morgan fingerprint density at radius 3 is 2.65 bits per heavy atom. The molecule has 3 nitrogen and oxygen atoms in total. The van der Waals surface area contributed by atoms with Crippen LogP contribution in [0.5, 0.6) is 0 Å². The summed E-state index contributed by atoms with van der Waals surface area (Å²) in [5.41, 5.74) is 0.386. The van der Waals surface area contributed by atoms with Crippen LogP contribution in [0.15, 0.2) is 23.1 Å². The second-order valence-electron chi connectivity index (χ2n) is 3.88. The highest BCUT2D eigenvalue weighted by molar-refractivity contribution is 7.89. The van der Waals surface area contributed by atoms with Gasteiger partial charge in [0.15, 0.2) is 0 Å². The van der Waals surface area contributed by atoms with E-state index in [1.165, 1.54) is 12.1 Å². The molecule has 1 atom stereocenters. The van der Waals surface area contributed by atoms with Crippen molar-refractivity contribution in [2.24, 2.45) is 0 Å². The topological polar surface area (TPSA) is 46.2 Å². The Bertz CT molecular complexity index is 488. The summed E-state index contributed by atoms with van der Waals surface area (Å²) < 4.78 is 39.0. The number of nitrogens with one attached hydrogen (secondary N) is 1. The fourth-order valence-electron chi connectivity index (χ4n) is 1.38. The van der Waals surface area contributed by atoms with Gasteiger partial charge in [-0.15, -0.1) is 11.6 Å². The van der Waals surface area contributed by atoms with E-state index in [1.54, 1.807) is 13.8 Å². The van der Waals surface area contributed by atoms with Gasteiger partial charge in [-0.1, -0.05) is 0 Å². The van der Waals surface area contributed by atoms with Crippen LogP contribution in [-0.2, 0) is 10.0 Å². The highest BCUT2D eigenvalue weighted by Crippen LogP contribution is 2.15. The summed E-state index contributed by atoms with van der Waals surface area (Å²) in [5.74, 6) is -0.448. The zero-order valence-corrected chi connectivity index (χ0v) is 11.3. The predicted molar refractivity (Wildman–Crippen MR) is 66.3 cm³/mol. The second kappa shape index (κ2) is 5.80. The van der Waals surface area contributed by atoms with Crippen molar-refractivity contribution in [3.8, 4) is 0 Å². The maximum Gasteiger partial charge on any atom is 0.240 e. The number of hydrogen-bond acceptors (Lipinski definition) is 2. The van der Waals surface area contributed by atoms with Gasteiger partial charge in [0, 0.05) is 11.9 Å². The van der Waals surface area contributed by atoms with Gasteiger partial charge in [0.1, 0.15) is 5.82 Å². The summed E-state index contributed by atoms with van der Waals surface area (Å²) in [6.07, 6.45) is 0.543. The number of alkyl halides is 1. The molecule has 0 aromatic heterocycles. The molecule has 17 heavy (non-hydrogen) atoms.